The van der Waals surface area contributed by atoms with Crippen LogP contribution in [0.25, 0.3) is 0 Å². The Balaban J connectivity index is 1.96. The van der Waals surface area contributed by atoms with Crippen LogP contribution in [0.15, 0.2) is 16.8 Å². The third-order valence-corrected chi connectivity index (χ3v) is 5.06. The molecule has 2 nitrogen and oxygen atoms in total. The largest absolute Gasteiger partial charge is 0.311 e. The van der Waals surface area contributed by atoms with E-state index < -0.39 is 0 Å². The second-order valence-electron chi connectivity index (χ2n) is 5.84. The fourth-order valence-electron chi connectivity index (χ4n) is 3.22. The Bertz CT molecular complexity index is 350. The fourth-order valence-corrected chi connectivity index (χ4v) is 3.90. The lowest BCUT2D eigenvalue weighted by atomic mass is 9.99. The van der Waals surface area contributed by atoms with E-state index in [1.807, 2.05) is 11.3 Å². The summed E-state index contributed by atoms with van der Waals surface area (Å²) in [4.78, 5) is 2.74. The molecule has 0 spiro atoms. The van der Waals surface area contributed by atoms with Crippen molar-refractivity contribution in [2.45, 2.75) is 64.6 Å². The van der Waals surface area contributed by atoms with Crippen LogP contribution in [0.3, 0.4) is 0 Å². The van der Waals surface area contributed by atoms with Crippen LogP contribution in [-0.2, 0) is 6.42 Å². The van der Waals surface area contributed by atoms with Gasteiger partial charge in [0.2, 0.25) is 0 Å². The molecule has 0 aromatic carbocycles. The van der Waals surface area contributed by atoms with Crippen molar-refractivity contribution in [3.63, 3.8) is 0 Å². The van der Waals surface area contributed by atoms with Crippen LogP contribution in [0.5, 0.6) is 0 Å². The van der Waals surface area contributed by atoms with Gasteiger partial charge in [0.1, 0.15) is 0 Å². The number of piperazine rings is 1. The average molecular weight is 280 g/mol. The molecule has 0 bridgehead atoms. The highest BCUT2D eigenvalue weighted by atomic mass is 32.1. The van der Waals surface area contributed by atoms with Crippen molar-refractivity contribution < 1.29 is 0 Å². The molecule has 0 radical (unpaired) electrons. The molecule has 1 N–H and O–H groups in total. The van der Waals surface area contributed by atoms with Gasteiger partial charge >= 0.3 is 0 Å². The van der Waals surface area contributed by atoms with Gasteiger partial charge in [-0.15, -0.1) is 0 Å². The van der Waals surface area contributed by atoms with Crippen molar-refractivity contribution in [2.75, 3.05) is 13.1 Å². The second kappa shape index (κ2) is 7.41. The summed E-state index contributed by atoms with van der Waals surface area (Å²) < 4.78 is 0. The first kappa shape index (κ1) is 15.0. The summed E-state index contributed by atoms with van der Waals surface area (Å²) in [6, 6.07) is 4.33. The van der Waals surface area contributed by atoms with E-state index in [1.165, 1.54) is 37.8 Å². The van der Waals surface area contributed by atoms with E-state index >= 15 is 0 Å². The minimum Gasteiger partial charge on any atom is -0.311 e. The normalized spacial score (nSPS) is 26.5. The Morgan fingerprint density at radius 3 is 2.95 bits per heavy atom. The Morgan fingerprint density at radius 1 is 1.47 bits per heavy atom. The third-order valence-electron chi connectivity index (χ3n) is 4.33. The van der Waals surface area contributed by atoms with Gasteiger partial charge in [-0.2, -0.15) is 11.3 Å². The van der Waals surface area contributed by atoms with Crippen LogP contribution >= 0.6 is 11.3 Å². The summed E-state index contributed by atoms with van der Waals surface area (Å²) in [5, 5.41) is 8.21. The van der Waals surface area contributed by atoms with Crippen molar-refractivity contribution in [3.8, 4) is 0 Å². The van der Waals surface area contributed by atoms with Crippen molar-refractivity contribution in [2.24, 2.45) is 0 Å². The molecule has 3 unspecified atom stereocenters. The van der Waals surface area contributed by atoms with E-state index in [4.69, 9.17) is 0 Å². The molecule has 3 heteroatoms. The highest BCUT2D eigenvalue weighted by molar-refractivity contribution is 7.07. The van der Waals surface area contributed by atoms with Crippen molar-refractivity contribution in [1.29, 1.82) is 0 Å². The second-order valence-corrected chi connectivity index (χ2v) is 6.62. The van der Waals surface area contributed by atoms with Gasteiger partial charge in [0.25, 0.3) is 0 Å². The summed E-state index contributed by atoms with van der Waals surface area (Å²) in [6.07, 6.45) is 5.03. The molecular weight excluding hydrogens is 252 g/mol. The predicted molar refractivity (Wildman–Crippen MR) is 85.0 cm³/mol. The summed E-state index contributed by atoms with van der Waals surface area (Å²) in [6.45, 7) is 9.38. The lowest BCUT2D eigenvalue weighted by molar-refractivity contribution is 0.0837. The molecule has 1 saturated heterocycles. The molecule has 3 atom stereocenters. The maximum absolute atomic E-state index is 3.73. The van der Waals surface area contributed by atoms with E-state index in [-0.39, 0.29) is 0 Å². The molecule has 0 amide bonds. The number of nitrogens with one attached hydrogen (secondary N) is 1. The van der Waals surface area contributed by atoms with Crippen LogP contribution in [0.1, 0.15) is 45.6 Å². The first-order valence-electron chi connectivity index (χ1n) is 7.74. The maximum Gasteiger partial charge on any atom is 0.0221 e. The first-order valence-corrected chi connectivity index (χ1v) is 8.69. The van der Waals surface area contributed by atoms with Gasteiger partial charge in [-0.3, -0.25) is 4.90 Å². The minimum atomic E-state index is 0.654. The van der Waals surface area contributed by atoms with Gasteiger partial charge in [0.15, 0.2) is 0 Å². The highest BCUT2D eigenvalue weighted by Gasteiger charge is 2.29. The summed E-state index contributed by atoms with van der Waals surface area (Å²) in [5.41, 5.74) is 1.50. The molecule has 1 aromatic rings. The molecule has 2 rings (SSSR count). The zero-order valence-corrected chi connectivity index (χ0v) is 13.4. The summed E-state index contributed by atoms with van der Waals surface area (Å²) in [5.74, 6) is 0. The van der Waals surface area contributed by atoms with Crippen LogP contribution in [-0.4, -0.2) is 36.1 Å². The van der Waals surface area contributed by atoms with Crippen LogP contribution < -0.4 is 5.32 Å². The monoisotopic (exact) mass is 280 g/mol. The third kappa shape index (κ3) is 4.04. The summed E-state index contributed by atoms with van der Waals surface area (Å²) >= 11 is 1.81. The lowest BCUT2D eigenvalue weighted by Gasteiger charge is -2.43. The van der Waals surface area contributed by atoms with Gasteiger partial charge in [0, 0.05) is 31.2 Å². The molecule has 1 aliphatic heterocycles. The van der Waals surface area contributed by atoms with E-state index in [0.717, 1.165) is 6.54 Å². The molecule has 0 aliphatic carbocycles. The van der Waals surface area contributed by atoms with Crippen LogP contribution in [0.2, 0.25) is 0 Å². The Morgan fingerprint density at radius 2 is 2.32 bits per heavy atom. The summed E-state index contributed by atoms with van der Waals surface area (Å²) in [7, 11) is 0. The fraction of sp³-hybridized carbons (Fsp3) is 0.750. The van der Waals surface area contributed by atoms with Crippen molar-refractivity contribution in [3.05, 3.63) is 22.4 Å². The number of thiophene rings is 1. The van der Waals surface area contributed by atoms with E-state index in [0.29, 0.717) is 18.1 Å². The number of rotatable bonds is 6. The topological polar surface area (TPSA) is 15.3 Å². The first-order chi connectivity index (χ1) is 9.24. The number of nitrogens with zero attached hydrogens (tertiary/aromatic N) is 1. The maximum atomic E-state index is 3.73. The zero-order valence-electron chi connectivity index (χ0n) is 12.6. The lowest BCUT2D eigenvalue weighted by Crippen LogP contribution is -2.59. The molecule has 2 heterocycles. The molecule has 0 saturated carbocycles. The Kier molecular flexibility index (Phi) is 5.86. The average Bonchev–Trinajstić information content (AvgIpc) is 2.92. The Hall–Kier alpha value is -0.380. The Labute approximate surface area is 122 Å². The van der Waals surface area contributed by atoms with Crippen LogP contribution in [0.4, 0.5) is 0 Å². The van der Waals surface area contributed by atoms with Crippen molar-refractivity contribution >= 4 is 11.3 Å². The smallest absolute Gasteiger partial charge is 0.0221 e. The van der Waals surface area contributed by atoms with Gasteiger partial charge in [-0.25, -0.2) is 0 Å². The predicted octanol–water partition coefficient (Wildman–Crippen LogP) is 3.53. The van der Waals surface area contributed by atoms with Gasteiger partial charge in [-0.1, -0.05) is 20.3 Å². The number of hydrogen-bond acceptors (Lipinski definition) is 3. The van der Waals surface area contributed by atoms with Crippen LogP contribution in [0, 0.1) is 0 Å². The molecule has 1 aromatic heterocycles. The molecular formula is C16H28N2S. The molecule has 1 fully saturated rings. The molecule has 108 valence electrons. The molecule has 19 heavy (non-hydrogen) atoms. The van der Waals surface area contributed by atoms with Gasteiger partial charge in [-0.05, 0) is 48.6 Å². The SMILES string of the molecule is CCCC1CN(C(C)Cc2ccsc2)C(CC)CN1. The van der Waals surface area contributed by atoms with E-state index in [1.54, 1.807) is 0 Å². The number of hydrogen-bond donors (Lipinski definition) is 1. The quantitative estimate of drug-likeness (QED) is 0.857. The molecule has 1 aliphatic rings. The highest BCUT2D eigenvalue weighted by Crippen LogP contribution is 2.19. The van der Waals surface area contributed by atoms with E-state index in [9.17, 15) is 0 Å². The zero-order chi connectivity index (χ0) is 13.7. The van der Waals surface area contributed by atoms with Crippen molar-refractivity contribution in [1.82, 2.24) is 10.2 Å². The standard InChI is InChI=1S/C16H28N2S/c1-4-6-15-11-18(16(5-2)10-17-15)13(3)9-14-7-8-19-12-14/h7-8,12-13,15-17H,4-6,9-11H2,1-3H3. The minimum absolute atomic E-state index is 0.654. The van der Waals surface area contributed by atoms with Gasteiger partial charge in [0.05, 0.1) is 0 Å². The van der Waals surface area contributed by atoms with E-state index in [2.05, 4.69) is 47.8 Å². The van der Waals surface area contributed by atoms with Gasteiger partial charge < -0.3 is 5.32 Å².